The maximum atomic E-state index is 12.3. The molecular formula is C28H40O3Si. The van der Waals surface area contributed by atoms with Crippen molar-refractivity contribution >= 4 is 18.7 Å². The smallest absolute Gasteiger partial charge is 0.258 e. The van der Waals surface area contributed by atoms with E-state index in [2.05, 4.69) is 51.1 Å². The SMILES string of the molecule is COC1C=CC[C@@H](C[C@@H](C)CCCCC(C)(C)[Si](O)(c2ccccc2)c2ccccc2)O1. The van der Waals surface area contributed by atoms with Gasteiger partial charge in [0, 0.05) is 7.11 Å². The van der Waals surface area contributed by atoms with E-state index in [0.717, 1.165) is 36.1 Å². The van der Waals surface area contributed by atoms with Crippen LogP contribution in [-0.4, -0.2) is 32.6 Å². The molecular weight excluding hydrogens is 412 g/mol. The standard InChI is InChI=1S/C28H40O3Si/c1-23(22-24-15-13-20-27(30-4)31-24)14-11-12-21-28(2,3)32(29,25-16-7-5-8-17-25)26-18-9-6-10-19-26/h5-10,13,16-20,23-24,27,29H,11-12,14-15,21-22H2,1-4H3/t23-,24-,27?/m0/s1. The van der Waals surface area contributed by atoms with Crippen LogP contribution in [0.15, 0.2) is 72.8 Å². The van der Waals surface area contributed by atoms with E-state index in [1.165, 1.54) is 12.8 Å². The van der Waals surface area contributed by atoms with Crippen LogP contribution in [0.1, 0.15) is 59.3 Å². The van der Waals surface area contributed by atoms with Crippen molar-refractivity contribution in [1.82, 2.24) is 0 Å². The second kappa shape index (κ2) is 11.4. The van der Waals surface area contributed by atoms with E-state index in [1.807, 2.05) is 42.5 Å². The van der Waals surface area contributed by atoms with Crippen molar-refractivity contribution in [1.29, 1.82) is 0 Å². The zero-order valence-electron chi connectivity index (χ0n) is 20.2. The molecule has 0 aliphatic carbocycles. The number of unbranched alkanes of at least 4 members (excludes halogenated alkanes) is 1. The molecule has 1 heterocycles. The molecule has 1 unspecified atom stereocenters. The lowest BCUT2D eigenvalue weighted by Gasteiger charge is -2.41. The average Bonchev–Trinajstić information content (AvgIpc) is 2.82. The molecule has 32 heavy (non-hydrogen) atoms. The summed E-state index contributed by atoms with van der Waals surface area (Å²) in [5, 5.41) is 2.03. The Hall–Kier alpha value is -1.72. The Labute approximate surface area is 195 Å². The maximum Gasteiger partial charge on any atom is 0.258 e. The molecule has 3 atom stereocenters. The molecule has 0 aromatic heterocycles. The first-order valence-electron chi connectivity index (χ1n) is 12.0. The number of hydrogen-bond donors (Lipinski definition) is 1. The van der Waals surface area contributed by atoms with E-state index in [4.69, 9.17) is 9.47 Å². The monoisotopic (exact) mass is 452 g/mol. The first-order chi connectivity index (χ1) is 15.4. The van der Waals surface area contributed by atoms with Crippen LogP contribution in [-0.2, 0) is 9.47 Å². The van der Waals surface area contributed by atoms with Gasteiger partial charge in [0.25, 0.3) is 8.32 Å². The summed E-state index contributed by atoms with van der Waals surface area (Å²) in [7, 11) is -1.20. The van der Waals surface area contributed by atoms with E-state index >= 15 is 0 Å². The van der Waals surface area contributed by atoms with Crippen molar-refractivity contribution in [2.24, 2.45) is 5.92 Å². The van der Waals surface area contributed by atoms with Crippen LogP contribution in [0.2, 0.25) is 5.04 Å². The molecule has 0 bridgehead atoms. The Balaban J connectivity index is 1.58. The molecule has 1 aliphatic rings. The van der Waals surface area contributed by atoms with Crippen LogP contribution in [0, 0.1) is 5.92 Å². The Morgan fingerprint density at radius 3 is 2.19 bits per heavy atom. The predicted octanol–water partition coefficient (Wildman–Crippen LogP) is 5.42. The second-order valence-electron chi connectivity index (χ2n) is 9.94. The van der Waals surface area contributed by atoms with Crippen LogP contribution in [0.4, 0.5) is 0 Å². The minimum Gasteiger partial charge on any atom is -0.424 e. The second-order valence-corrected chi connectivity index (χ2v) is 13.9. The van der Waals surface area contributed by atoms with E-state index in [-0.39, 0.29) is 17.4 Å². The van der Waals surface area contributed by atoms with Crippen LogP contribution in [0.5, 0.6) is 0 Å². The van der Waals surface area contributed by atoms with Crippen LogP contribution < -0.4 is 10.4 Å². The molecule has 3 nitrogen and oxygen atoms in total. The molecule has 3 rings (SSSR count). The fourth-order valence-corrected chi connectivity index (χ4v) is 8.82. The molecule has 0 amide bonds. The topological polar surface area (TPSA) is 38.7 Å². The Morgan fingerprint density at radius 1 is 1.03 bits per heavy atom. The molecule has 1 N–H and O–H groups in total. The summed E-state index contributed by atoms with van der Waals surface area (Å²) in [4.78, 5) is 12.3. The molecule has 2 aromatic carbocycles. The van der Waals surface area contributed by atoms with Gasteiger partial charge in [-0.2, -0.15) is 0 Å². The van der Waals surface area contributed by atoms with Crippen molar-refractivity contribution in [2.45, 2.75) is 76.7 Å². The van der Waals surface area contributed by atoms with Crippen LogP contribution in [0.3, 0.4) is 0 Å². The van der Waals surface area contributed by atoms with Crippen molar-refractivity contribution in [2.75, 3.05) is 7.11 Å². The molecule has 0 saturated heterocycles. The summed E-state index contributed by atoms with van der Waals surface area (Å²) in [5.41, 5.74) is 0. The average molecular weight is 453 g/mol. The zero-order chi connectivity index (χ0) is 23.0. The highest BCUT2D eigenvalue weighted by atomic mass is 28.4. The highest BCUT2D eigenvalue weighted by molar-refractivity contribution is 6.98. The number of hydrogen-bond acceptors (Lipinski definition) is 3. The first kappa shape index (κ1) is 24.9. The summed E-state index contributed by atoms with van der Waals surface area (Å²) in [6, 6.07) is 20.7. The van der Waals surface area contributed by atoms with Crippen molar-refractivity contribution < 1.29 is 14.3 Å². The fraction of sp³-hybridized carbons (Fsp3) is 0.500. The third kappa shape index (κ3) is 5.99. The van der Waals surface area contributed by atoms with Gasteiger partial charge in [-0.05, 0) is 46.7 Å². The Morgan fingerprint density at radius 2 is 1.62 bits per heavy atom. The van der Waals surface area contributed by atoms with E-state index in [0.29, 0.717) is 5.92 Å². The lowest BCUT2D eigenvalue weighted by Crippen LogP contribution is -2.65. The zero-order valence-corrected chi connectivity index (χ0v) is 21.2. The normalized spacial score (nSPS) is 20.3. The molecule has 0 radical (unpaired) electrons. The largest absolute Gasteiger partial charge is 0.424 e. The summed E-state index contributed by atoms with van der Waals surface area (Å²) in [6.45, 7) is 6.85. The molecule has 0 spiro atoms. The van der Waals surface area contributed by atoms with Gasteiger partial charge in [-0.3, -0.25) is 0 Å². The molecule has 174 valence electrons. The van der Waals surface area contributed by atoms with Crippen LogP contribution in [0.25, 0.3) is 0 Å². The van der Waals surface area contributed by atoms with Gasteiger partial charge >= 0.3 is 0 Å². The first-order valence-corrected chi connectivity index (χ1v) is 14.0. The van der Waals surface area contributed by atoms with Gasteiger partial charge < -0.3 is 14.3 Å². The van der Waals surface area contributed by atoms with Gasteiger partial charge in [-0.1, -0.05) is 107 Å². The quantitative estimate of drug-likeness (QED) is 0.281. The highest BCUT2D eigenvalue weighted by Gasteiger charge is 2.49. The Bertz CT molecular complexity index is 795. The third-order valence-corrected chi connectivity index (χ3v) is 11.6. The maximum absolute atomic E-state index is 12.3. The van der Waals surface area contributed by atoms with Crippen molar-refractivity contribution in [3.8, 4) is 0 Å². The predicted molar refractivity (Wildman–Crippen MR) is 136 cm³/mol. The van der Waals surface area contributed by atoms with Crippen LogP contribution >= 0.6 is 0 Å². The molecule has 0 saturated carbocycles. The minimum atomic E-state index is -2.89. The van der Waals surface area contributed by atoms with Gasteiger partial charge in [0.15, 0.2) is 6.29 Å². The number of benzene rings is 2. The summed E-state index contributed by atoms with van der Waals surface area (Å²) < 4.78 is 11.3. The minimum absolute atomic E-state index is 0.165. The summed E-state index contributed by atoms with van der Waals surface area (Å²) in [5.74, 6) is 0.617. The third-order valence-electron chi connectivity index (χ3n) is 7.03. The molecule has 1 aliphatic heterocycles. The Kier molecular flexibility index (Phi) is 8.89. The van der Waals surface area contributed by atoms with Gasteiger partial charge in [-0.25, -0.2) is 0 Å². The lowest BCUT2D eigenvalue weighted by molar-refractivity contribution is -0.136. The van der Waals surface area contributed by atoms with Gasteiger partial charge in [0.05, 0.1) is 6.10 Å². The number of methoxy groups -OCH3 is 1. The lowest BCUT2D eigenvalue weighted by atomic mass is 9.93. The number of ether oxygens (including phenoxy) is 2. The van der Waals surface area contributed by atoms with Gasteiger partial charge in [0.1, 0.15) is 0 Å². The van der Waals surface area contributed by atoms with Gasteiger partial charge in [0.2, 0.25) is 0 Å². The van der Waals surface area contributed by atoms with E-state index < -0.39 is 8.32 Å². The highest BCUT2D eigenvalue weighted by Crippen LogP contribution is 2.40. The summed E-state index contributed by atoms with van der Waals surface area (Å²) in [6.07, 6.45) is 10.8. The number of rotatable bonds is 11. The molecule has 0 fully saturated rings. The van der Waals surface area contributed by atoms with Crippen molar-refractivity contribution in [3.05, 3.63) is 72.8 Å². The van der Waals surface area contributed by atoms with Crippen molar-refractivity contribution in [3.63, 3.8) is 0 Å². The van der Waals surface area contributed by atoms with Gasteiger partial charge in [-0.15, -0.1) is 0 Å². The summed E-state index contributed by atoms with van der Waals surface area (Å²) >= 11 is 0. The fourth-order valence-electron chi connectivity index (χ4n) is 5.03. The van der Waals surface area contributed by atoms with E-state index in [9.17, 15) is 4.80 Å². The van der Waals surface area contributed by atoms with E-state index in [1.54, 1.807) is 7.11 Å². The molecule has 2 aromatic rings. The molecule has 4 heteroatoms.